The lowest BCUT2D eigenvalue weighted by atomic mass is 9.99. The van der Waals surface area contributed by atoms with Gasteiger partial charge in [-0.3, -0.25) is 0 Å². The van der Waals surface area contributed by atoms with E-state index < -0.39 is 0 Å². The molecule has 0 saturated carbocycles. The minimum Gasteiger partial charge on any atom is -0.337 e. The molecule has 2 aromatic rings. The largest absolute Gasteiger partial charge is 0.337 e. The Hall–Kier alpha value is -0.870. The molecule has 2 heterocycles. The van der Waals surface area contributed by atoms with Gasteiger partial charge in [0.2, 0.25) is 0 Å². The summed E-state index contributed by atoms with van der Waals surface area (Å²) in [5.41, 5.74) is 2.90. The van der Waals surface area contributed by atoms with Crippen LogP contribution in [0.3, 0.4) is 0 Å². The molecule has 2 nitrogen and oxygen atoms in total. The van der Waals surface area contributed by atoms with Gasteiger partial charge in [0, 0.05) is 29.9 Å². The van der Waals surface area contributed by atoms with E-state index in [9.17, 15) is 0 Å². The highest BCUT2D eigenvalue weighted by atomic mass is 32.2. The highest BCUT2D eigenvalue weighted by Crippen LogP contribution is 2.52. The molecule has 1 aromatic heterocycles. The van der Waals surface area contributed by atoms with E-state index in [1.807, 2.05) is 12.5 Å². The fourth-order valence-corrected chi connectivity index (χ4v) is 6.75. The Morgan fingerprint density at radius 3 is 2.65 bits per heavy atom. The van der Waals surface area contributed by atoms with Crippen LogP contribution >= 0.6 is 23.5 Å². The van der Waals surface area contributed by atoms with Crippen LogP contribution in [0.4, 0.5) is 0 Å². The second-order valence-electron chi connectivity index (χ2n) is 6.77. The van der Waals surface area contributed by atoms with E-state index in [4.69, 9.17) is 0 Å². The Balaban J connectivity index is 1.71. The molecule has 124 valence electrons. The monoisotopic (exact) mass is 346 g/mol. The number of nitrogens with zero attached hydrogens (tertiary/aromatic N) is 2. The first-order chi connectivity index (χ1) is 11.1. The van der Waals surface area contributed by atoms with E-state index in [2.05, 4.69) is 84.3 Å². The van der Waals surface area contributed by atoms with Gasteiger partial charge in [-0.15, -0.1) is 23.5 Å². The molecule has 1 aliphatic rings. The summed E-state index contributed by atoms with van der Waals surface area (Å²) >= 11 is 4.32. The Morgan fingerprint density at radius 2 is 2.09 bits per heavy atom. The minimum absolute atomic E-state index is 0.309. The summed E-state index contributed by atoms with van der Waals surface area (Å²) in [7, 11) is 0. The van der Waals surface area contributed by atoms with E-state index in [-0.39, 0.29) is 0 Å². The number of imidazole rings is 1. The van der Waals surface area contributed by atoms with Crippen molar-refractivity contribution in [3.63, 3.8) is 0 Å². The zero-order chi connectivity index (χ0) is 16.3. The van der Waals surface area contributed by atoms with Gasteiger partial charge in [0.05, 0.1) is 10.4 Å². The molecule has 2 unspecified atom stereocenters. The molecule has 4 heteroatoms. The molecule has 3 rings (SSSR count). The topological polar surface area (TPSA) is 17.8 Å². The molecule has 1 saturated heterocycles. The number of aromatic nitrogens is 2. The summed E-state index contributed by atoms with van der Waals surface area (Å²) in [5, 5.41) is 0.748. The maximum atomic E-state index is 4.16. The summed E-state index contributed by atoms with van der Waals surface area (Å²) in [5.74, 6) is 1.87. The van der Waals surface area contributed by atoms with Gasteiger partial charge in [-0.2, -0.15) is 0 Å². The molecule has 0 N–H and O–H groups in total. The average molecular weight is 347 g/mol. The predicted molar refractivity (Wildman–Crippen MR) is 103 cm³/mol. The number of rotatable bonds is 6. The Bertz CT molecular complexity index is 607. The molecule has 0 bridgehead atoms. The molecular weight excluding hydrogens is 320 g/mol. The van der Waals surface area contributed by atoms with Crippen LogP contribution in [0.5, 0.6) is 0 Å². The first-order valence-electron chi connectivity index (χ1n) is 8.43. The van der Waals surface area contributed by atoms with Crippen molar-refractivity contribution in [1.82, 2.24) is 9.55 Å². The van der Waals surface area contributed by atoms with Crippen LogP contribution in [0, 0.1) is 0 Å². The summed E-state index contributed by atoms with van der Waals surface area (Å²) in [6.45, 7) is 7.92. The van der Waals surface area contributed by atoms with Crippen molar-refractivity contribution in [3.05, 3.63) is 54.1 Å². The van der Waals surface area contributed by atoms with E-state index in [0.29, 0.717) is 10.00 Å². The fourth-order valence-electron chi connectivity index (χ4n) is 3.07. The average Bonchev–Trinajstić information content (AvgIpc) is 3.16. The standard InChI is InChI=1S/C19H26N2S2/c1-15(2)18-6-4-17(5-7-18)12-19(22-13-16(3)23-19)8-10-21-11-9-20-14-21/h4-7,9,11,14-16H,8,10,12-13H2,1-3H3. The molecule has 2 atom stereocenters. The van der Waals surface area contributed by atoms with Crippen LogP contribution in [0.2, 0.25) is 0 Å². The van der Waals surface area contributed by atoms with Crippen LogP contribution in [-0.2, 0) is 13.0 Å². The third kappa shape index (κ3) is 4.36. The molecule has 0 aliphatic carbocycles. The molecule has 1 aliphatic heterocycles. The van der Waals surface area contributed by atoms with E-state index in [0.717, 1.165) is 18.2 Å². The van der Waals surface area contributed by atoms with Gasteiger partial charge < -0.3 is 4.57 Å². The Kier molecular flexibility index (Phi) is 5.42. The van der Waals surface area contributed by atoms with Gasteiger partial charge in [0.1, 0.15) is 0 Å². The lowest BCUT2D eigenvalue weighted by Crippen LogP contribution is -2.23. The summed E-state index contributed by atoms with van der Waals surface area (Å²) in [4.78, 5) is 4.16. The zero-order valence-corrected chi connectivity index (χ0v) is 15.9. The summed E-state index contributed by atoms with van der Waals surface area (Å²) < 4.78 is 2.51. The van der Waals surface area contributed by atoms with Crippen LogP contribution in [-0.4, -0.2) is 24.6 Å². The van der Waals surface area contributed by atoms with E-state index in [1.165, 1.54) is 23.3 Å². The van der Waals surface area contributed by atoms with Crippen molar-refractivity contribution < 1.29 is 0 Å². The second-order valence-corrected chi connectivity index (χ2v) is 10.3. The van der Waals surface area contributed by atoms with Gasteiger partial charge in [0.15, 0.2) is 0 Å². The summed E-state index contributed by atoms with van der Waals surface area (Å²) in [6, 6.07) is 9.27. The van der Waals surface area contributed by atoms with Crippen molar-refractivity contribution in [2.24, 2.45) is 0 Å². The molecule has 1 aromatic carbocycles. The normalized spacial score (nSPS) is 24.4. The van der Waals surface area contributed by atoms with E-state index in [1.54, 1.807) is 0 Å². The highest BCUT2D eigenvalue weighted by molar-refractivity contribution is 8.21. The van der Waals surface area contributed by atoms with Crippen LogP contribution in [0.1, 0.15) is 44.2 Å². The first kappa shape index (κ1) is 17.0. The maximum Gasteiger partial charge on any atom is 0.0945 e. The van der Waals surface area contributed by atoms with Crippen molar-refractivity contribution in [3.8, 4) is 0 Å². The quantitative estimate of drug-likeness (QED) is 0.715. The number of hydrogen-bond donors (Lipinski definition) is 0. The van der Waals surface area contributed by atoms with Gasteiger partial charge >= 0.3 is 0 Å². The van der Waals surface area contributed by atoms with Gasteiger partial charge in [-0.05, 0) is 29.9 Å². The molecule has 1 fully saturated rings. The highest BCUT2D eigenvalue weighted by Gasteiger charge is 2.38. The van der Waals surface area contributed by atoms with Crippen molar-refractivity contribution >= 4 is 23.5 Å². The van der Waals surface area contributed by atoms with Crippen molar-refractivity contribution in [2.75, 3.05) is 5.75 Å². The molecule has 0 amide bonds. The predicted octanol–water partition coefficient (Wildman–Crippen LogP) is 5.20. The molecule has 0 spiro atoms. The number of benzene rings is 1. The first-order valence-corrected chi connectivity index (χ1v) is 10.3. The Morgan fingerprint density at radius 1 is 1.30 bits per heavy atom. The van der Waals surface area contributed by atoms with Crippen LogP contribution < -0.4 is 0 Å². The summed E-state index contributed by atoms with van der Waals surface area (Å²) in [6.07, 6.45) is 8.21. The Labute approximate surface area is 148 Å². The second kappa shape index (κ2) is 7.35. The number of hydrogen-bond acceptors (Lipinski definition) is 3. The maximum absolute atomic E-state index is 4.16. The van der Waals surface area contributed by atoms with Gasteiger partial charge in [-0.25, -0.2) is 4.98 Å². The van der Waals surface area contributed by atoms with Gasteiger partial charge in [-0.1, -0.05) is 45.0 Å². The van der Waals surface area contributed by atoms with E-state index >= 15 is 0 Å². The lowest BCUT2D eigenvalue weighted by Gasteiger charge is -2.28. The van der Waals surface area contributed by atoms with Crippen molar-refractivity contribution in [2.45, 2.75) is 55.4 Å². The molecular formula is C19H26N2S2. The fraction of sp³-hybridized carbons (Fsp3) is 0.526. The van der Waals surface area contributed by atoms with Crippen LogP contribution in [0.25, 0.3) is 0 Å². The third-order valence-corrected chi connectivity index (χ3v) is 8.17. The minimum atomic E-state index is 0.309. The zero-order valence-electron chi connectivity index (χ0n) is 14.2. The third-order valence-electron chi connectivity index (χ3n) is 4.43. The molecule has 23 heavy (non-hydrogen) atoms. The molecule has 0 radical (unpaired) electrons. The SMILES string of the molecule is CC1CSC(CCn2ccnc2)(Cc2ccc(C(C)C)cc2)S1. The van der Waals surface area contributed by atoms with Crippen LogP contribution in [0.15, 0.2) is 43.0 Å². The van der Waals surface area contributed by atoms with Gasteiger partial charge in [0.25, 0.3) is 0 Å². The van der Waals surface area contributed by atoms with Crippen molar-refractivity contribution in [1.29, 1.82) is 0 Å². The number of thioether (sulfide) groups is 2. The number of aryl methyl sites for hydroxylation is 1. The lowest BCUT2D eigenvalue weighted by molar-refractivity contribution is 0.597. The smallest absolute Gasteiger partial charge is 0.0945 e.